The highest BCUT2D eigenvalue weighted by molar-refractivity contribution is 7.99. The summed E-state index contributed by atoms with van der Waals surface area (Å²) in [5, 5.41) is 3.43. The van der Waals surface area contributed by atoms with Gasteiger partial charge in [-0.3, -0.25) is 9.59 Å². The SMILES string of the molecule is CNC(=O)C(Cc1ccccc1)N(Cc1ccc(C)cc1)C(=O)CSCc1cccc(Cl)c1. The Bertz CT molecular complexity index is 1060. The van der Waals surface area contributed by atoms with E-state index in [1.807, 2.05) is 85.8 Å². The van der Waals surface area contributed by atoms with Crippen LogP contribution in [-0.2, 0) is 28.3 Å². The minimum atomic E-state index is -0.599. The molecule has 33 heavy (non-hydrogen) atoms. The maximum atomic E-state index is 13.4. The molecule has 4 nitrogen and oxygen atoms in total. The summed E-state index contributed by atoms with van der Waals surface area (Å²) in [5.41, 5.74) is 4.23. The third-order valence-electron chi connectivity index (χ3n) is 5.37. The molecule has 0 saturated carbocycles. The number of aryl methyl sites for hydroxylation is 1. The van der Waals surface area contributed by atoms with Gasteiger partial charge in [-0.15, -0.1) is 11.8 Å². The summed E-state index contributed by atoms with van der Waals surface area (Å²) in [4.78, 5) is 28.0. The minimum Gasteiger partial charge on any atom is -0.357 e. The molecular weight excluding hydrogens is 452 g/mol. The topological polar surface area (TPSA) is 49.4 Å². The predicted molar refractivity (Wildman–Crippen MR) is 137 cm³/mol. The zero-order valence-corrected chi connectivity index (χ0v) is 20.5. The molecule has 1 unspecified atom stereocenters. The molecule has 0 aliphatic carbocycles. The first kappa shape index (κ1) is 24.9. The fourth-order valence-corrected chi connectivity index (χ4v) is 4.65. The van der Waals surface area contributed by atoms with Crippen molar-refractivity contribution in [2.24, 2.45) is 0 Å². The molecule has 0 heterocycles. The van der Waals surface area contributed by atoms with Crippen molar-refractivity contribution in [3.63, 3.8) is 0 Å². The van der Waals surface area contributed by atoms with Crippen LogP contribution in [0.25, 0.3) is 0 Å². The van der Waals surface area contributed by atoms with Crippen LogP contribution >= 0.6 is 23.4 Å². The van der Waals surface area contributed by atoms with E-state index in [0.717, 1.165) is 22.3 Å². The molecular formula is C27H29ClN2O2S. The summed E-state index contributed by atoms with van der Waals surface area (Å²) in [5.74, 6) is 0.723. The summed E-state index contributed by atoms with van der Waals surface area (Å²) in [6.07, 6.45) is 0.455. The second-order valence-electron chi connectivity index (χ2n) is 7.95. The molecule has 6 heteroatoms. The first-order valence-electron chi connectivity index (χ1n) is 10.9. The zero-order valence-electron chi connectivity index (χ0n) is 19.0. The highest BCUT2D eigenvalue weighted by Gasteiger charge is 2.29. The lowest BCUT2D eigenvalue weighted by molar-refractivity contribution is -0.139. The van der Waals surface area contributed by atoms with Gasteiger partial charge in [0.2, 0.25) is 11.8 Å². The van der Waals surface area contributed by atoms with Crippen LogP contribution < -0.4 is 5.32 Å². The Balaban J connectivity index is 1.80. The fourth-order valence-electron chi connectivity index (χ4n) is 3.58. The van der Waals surface area contributed by atoms with Gasteiger partial charge in [-0.2, -0.15) is 0 Å². The minimum absolute atomic E-state index is 0.0628. The highest BCUT2D eigenvalue weighted by atomic mass is 35.5. The van der Waals surface area contributed by atoms with Gasteiger partial charge in [0, 0.05) is 30.8 Å². The average molecular weight is 481 g/mol. The Hall–Kier alpha value is -2.76. The van der Waals surface area contributed by atoms with Gasteiger partial charge in [-0.1, -0.05) is 83.9 Å². The van der Waals surface area contributed by atoms with Crippen LogP contribution in [0.5, 0.6) is 0 Å². The number of likely N-dealkylation sites (N-methyl/N-ethyl adjacent to an activating group) is 1. The van der Waals surface area contributed by atoms with E-state index in [0.29, 0.717) is 23.7 Å². The zero-order chi connectivity index (χ0) is 23.6. The number of halogens is 1. The van der Waals surface area contributed by atoms with Crippen molar-refractivity contribution in [1.82, 2.24) is 10.2 Å². The van der Waals surface area contributed by atoms with Crippen molar-refractivity contribution in [2.45, 2.75) is 31.7 Å². The summed E-state index contributed by atoms with van der Waals surface area (Å²) in [6.45, 7) is 2.41. The van der Waals surface area contributed by atoms with E-state index in [1.165, 1.54) is 11.8 Å². The van der Waals surface area contributed by atoms with Gasteiger partial charge in [0.15, 0.2) is 0 Å². The first-order chi connectivity index (χ1) is 16.0. The third kappa shape index (κ3) is 7.65. The van der Waals surface area contributed by atoms with Crippen molar-refractivity contribution in [1.29, 1.82) is 0 Å². The van der Waals surface area contributed by atoms with E-state index in [-0.39, 0.29) is 17.6 Å². The van der Waals surface area contributed by atoms with E-state index in [2.05, 4.69) is 5.32 Å². The number of hydrogen-bond acceptors (Lipinski definition) is 3. The number of carbonyl (C=O) groups is 2. The molecule has 1 N–H and O–H groups in total. The van der Waals surface area contributed by atoms with Gasteiger partial charge >= 0.3 is 0 Å². The lowest BCUT2D eigenvalue weighted by Gasteiger charge is -2.31. The van der Waals surface area contributed by atoms with Gasteiger partial charge in [-0.05, 0) is 35.7 Å². The van der Waals surface area contributed by atoms with Crippen molar-refractivity contribution in [2.75, 3.05) is 12.8 Å². The van der Waals surface area contributed by atoms with Gasteiger partial charge in [0.1, 0.15) is 6.04 Å². The third-order valence-corrected chi connectivity index (χ3v) is 6.60. The number of rotatable bonds is 10. The molecule has 0 fully saturated rings. The molecule has 1 atom stereocenters. The van der Waals surface area contributed by atoms with Crippen molar-refractivity contribution >= 4 is 35.2 Å². The molecule has 0 spiro atoms. The normalized spacial score (nSPS) is 11.6. The predicted octanol–water partition coefficient (Wildman–Crippen LogP) is 5.27. The summed E-state index contributed by atoms with van der Waals surface area (Å²) in [7, 11) is 1.61. The Morgan fingerprint density at radius 1 is 0.939 bits per heavy atom. The Morgan fingerprint density at radius 2 is 1.64 bits per heavy atom. The summed E-state index contributed by atoms with van der Waals surface area (Å²) in [6, 6.07) is 24.9. The molecule has 0 aliphatic heterocycles. The molecule has 3 aromatic carbocycles. The average Bonchev–Trinajstić information content (AvgIpc) is 2.82. The van der Waals surface area contributed by atoms with Gasteiger partial charge < -0.3 is 10.2 Å². The number of benzene rings is 3. The van der Waals surface area contributed by atoms with Gasteiger partial charge in [0.25, 0.3) is 0 Å². The Labute approximate surface area is 205 Å². The fraction of sp³-hybridized carbons (Fsp3) is 0.259. The number of nitrogens with zero attached hydrogens (tertiary/aromatic N) is 1. The second kappa shape index (κ2) is 12.5. The number of amides is 2. The number of hydrogen-bond donors (Lipinski definition) is 1. The number of nitrogens with one attached hydrogen (secondary N) is 1. The van der Waals surface area contributed by atoms with Crippen LogP contribution in [0.15, 0.2) is 78.9 Å². The van der Waals surface area contributed by atoms with Crippen LogP contribution in [0.2, 0.25) is 5.02 Å². The standard InChI is InChI=1S/C27H29ClN2O2S/c1-20-11-13-22(14-12-20)17-30(25(27(32)29-2)16-21-7-4-3-5-8-21)26(31)19-33-18-23-9-6-10-24(28)15-23/h3-15,25H,16-19H2,1-2H3,(H,29,32). The van der Waals surface area contributed by atoms with Crippen LogP contribution in [0.4, 0.5) is 0 Å². The Kier molecular flexibility index (Phi) is 9.40. The number of thioether (sulfide) groups is 1. The van der Waals surface area contributed by atoms with Crippen LogP contribution in [0.3, 0.4) is 0 Å². The molecule has 0 saturated heterocycles. The second-order valence-corrected chi connectivity index (χ2v) is 9.37. The van der Waals surface area contributed by atoms with E-state index in [1.54, 1.807) is 11.9 Å². The lowest BCUT2D eigenvalue weighted by atomic mass is 10.0. The van der Waals surface area contributed by atoms with Crippen LogP contribution in [-0.4, -0.2) is 35.6 Å². The largest absolute Gasteiger partial charge is 0.357 e. The molecule has 0 bridgehead atoms. The molecule has 3 rings (SSSR count). The van der Waals surface area contributed by atoms with E-state index in [9.17, 15) is 9.59 Å². The van der Waals surface area contributed by atoms with Crippen LogP contribution in [0.1, 0.15) is 22.3 Å². The molecule has 2 amide bonds. The highest BCUT2D eigenvalue weighted by Crippen LogP contribution is 2.20. The van der Waals surface area contributed by atoms with Crippen molar-refractivity contribution in [3.8, 4) is 0 Å². The Morgan fingerprint density at radius 3 is 2.30 bits per heavy atom. The lowest BCUT2D eigenvalue weighted by Crippen LogP contribution is -2.50. The first-order valence-corrected chi connectivity index (χ1v) is 12.4. The molecule has 0 aromatic heterocycles. The summed E-state index contributed by atoms with van der Waals surface area (Å²) < 4.78 is 0. The maximum absolute atomic E-state index is 13.4. The smallest absolute Gasteiger partial charge is 0.242 e. The van der Waals surface area contributed by atoms with Crippen molar-refractivity contribution < 1.29 is 9.59 Å². The van der Waals surface area contributed by atoms with E-state index >= 15 is 0 Å². The monoisotopic (exact) mass is 480 g/mol. The van der Waals surface area contributed by atoms with Crippen LogP contribution in [0, 0.1) is 6.92 Å². The molecule has 172 valence electrons. The number of carbonyl (C=O) groups excluding carboxylic acids is 2. The quantitative estimate of drug-likeness (QED) is 0.430. The maximum Gasteiger partial charge on any atom is 0.242 e. The van der Waals surface area contributed by atoms with E-state index in [4.69, 9.17) is 11.6 Å². The van der Waals surface area contributed by atoms with Gasteiger partial charge in [-0.25, -0.2) is 0 Å². The molecule has 3 aromatic rings. The molecule has 0 radical (unpaired) electrons. The molecule has 0 aliphatic rings. The summed E-state index contributed by atoms with van der Waals surface area (Å²) >= 11 is 7.60. The van der Waals surface area contributed by atoms with Crippen molar-refractivity contribution in [3.05, 3.63) is 106 Å². The van der Waals surface area contributed by atoms with E-state index < -0.39 is 6.04 Å². The van der Waals surface area contributed by atoms with Gasteiger partial charge in [0.05, 0.1) is 5.75 Å².